The maximum absolute atomic E-state index is 13.7. The minimum atomic E-state index is -0.983. The molecule has 166 valence electrons. The summed E-state index contributed by atoms with van der Waals surface area (Å²) in [6.07, 6.45) is 0. The van der Waals surface area contributed by atoms with Crippen LogP contribution in [0.25, 0.3) is 22.2 Å². The van der Waals surface area contributed by atoms with Gasteiger partial charge < -0.3 is 14.8 Å². The van der Waals surface area contributed by atoms with E-state index in [1.165, 1.54) is 20.3 Å². The van der Waals surface area contributed by atoms with Crippen molar-refractivity contribution in [2.75, 3.05) is 19.5 Å². The molecule has 4 rings (SSSR count). The third-order valence-corrected chi connectivity index (χ3v) is 5.04. The van der Waals surface area contributed by atoms with E-state index in [2.05, 4.69) is 10.3 Å². The number of para-hydroxylation sites is 1. The molecule has 0 bridgehead atoms. The van der Waals surface area contributed by atoms with Crippen LogP contribution in [0.2, 0.25) is 0 Å². The van der Waals surface area contributed by atoms with Gasteiger partial charge in [0.15, 0.2) is 11.5 Å². The Labute approximate surface area is 187 Å². The molecule has 3 aromatic carbocycles. The number of anilines is 1. The summed E-state index contributed by atoms with van der Waals surface area (Å²) in [7, 11) is 3.06. The van der Waals surface area contributed by atoms with Crippen molar-refractivity contribution in [3.63, 3.8) is 0 Å². The molecule has 0 aliphatic rings. The van der Waals surface area contributed by atoms with Crippen molar-refractivity contribution in [2.24, 2.45) is 0 Å². The van der Waals surface area contributed by atoms with Crippen LogP contribution in [0.1, 0.15) is 10.4 Å². The average molecular weight is 447 g/mol. The number of ether oxygens (including phenoxy) is 2. The predicted molar refractivity (Wildman–Crippen MR) is 121 cm³/mol. The summed E-state index contributed by atoms with van der Waals surface area (Å²) < 4.78 is 24.3. The van der Waals surface area contributed by atoms with Crippen LogP contribution in [0, 0.1) is 15.9 Å². The largest absolute Gasteiger partial charge is 0.493 e. The van der Waals surface area contributed by atoms with Gasteiger partial charge in [0.25, 0.3) is 5.91 Å². The van der Waals surface area contributed by atoms with Crippen LogP contribution in [-0.2, 0) is 0 Å². The van der Waals surface area contributed by atoms with Gasteiger partial charge in [0.05, 0.1) is 35.9 Å². The lowest BCUT2D eigenvalue weighted by Crippen LogP contribution is -2.13. The van der Waals surface area contributed by atoms with Crippen molar-refractivity contribution in [2.45, 2.75) is 0 Å². The van der Waals surface area contributed by atoms with Gasteiger partial charge in [0.2, 0.25) is 5.82 Å². The number of nitro groups is 1. The molecule has 1 heterocycles. The van der Waals surface area contributed by atoms with E-state index in [1.807, 2.05) is 0 Å². The van der Waals surface area contributed by atoms with Crippen molar-refractivity contribution >= 4 is 28.2 Å². The molecule has 0 saturated heterocycles. The van der Waals surface area contributed by atoms with Crippen LogP contribution in [0.3, 0.4) is 0 Å². The third kappa shape index (κ3) is 4.29. The van der Waals surface area contributed by atoms with Gasteiger partial charge in [0.1, 0.15) is 0 Å². The first-order valence-corrected chi connectivity index (χ1v) is 9.78. The van der Waals surface area contributed by atoms with E-state index in [0.29, 0.717) is 39.2 Å². The Morgan fingerprint density at radius 3 is 2.48 bits per heavy atom. The Balaban J connectivity index is 1.79. The highest BCUT2D eigenvalue weighted by molar-refractivity contribution is 6.13. The molecule has 8 nitrogen and oxygen atoms in total. The minimum absolute atomic E-state index is 0.0988. The van der Waals surface area contributed by atoms with Gasteiger partial charge in [-0.25, -0.2) is 4.98 Å². The Bertz CT molecular complexity index is 1390. The summed E-state index contributed by atoms with van der Waals surface area (Å²) in [6.45, 7) is 0. The van der Waals surface area contributed by atoms with E-state index in [9.17, 15) is 19.3 Å². The van der Waals surface area contributed by atoms with Crippen LogP contribution in [-0.4, -0.2) is 30.0 Å². The lowest BCUT2D eigenvalue weighted by molar-refractivity contribution is -0.387. The molecule has 1 aromatic heterocycles. The molecular formula is C24H18FN3O5. The SMILES string of the molecule is COc1ccc(-c2cc(C(=O)Nc3ccc(F)c([N+](=O)[O-])c3)c3ccccc3n2)cc1OC. The van der Waals surface area contributed by atoms with Gasteiger partial charge in [-0.15, -0.1) is 0 Å². The van der Waals surface area contributed by atoms with E-state index in [-0.39, 0.29) is 5.69 Å². The standard InChI is InChI=1S/C24H18FN3O5/c1-32-22-10-7-14(11-23(22)33-2)20-13-17(16-5-3-4-6-19(16)27-20)24(29)26-15-8-9-18(25)21(12-15)28(30)31/h3-13H,1-2H3,(H,26,29). The number of nitrogens with one attached hydrogen (secondary N) is 1. The summed E-state index contributed by atoms with van der Waals surface area (Å²) in [5.74, 6) is -0.438. The molecule has 0 radical (unpaired) electrons. The van der Waals surface area contributed by atoms with Gasteiger partial charge in [0, 0.05) is 22.7 Å². The smallest absolute Gasteiger partial charge is 0.306 e. The number of benzene rings is 3. The summed E-state index contributed by atoms with van der Waals surface area (Å²) >= 11 is 0. The molecule has 0 atom stereocenters. The fourth-order valence-corrected chi connectivity index (χ4v) is 3.44. The number of carbonyl (C=O) groups is 1. The highest BCUT2D eigenvalue weighted by atomic mass is 19.1. The number of amides is 1. The molecule has 0 spiro atoms. The predicted octanol–water partition coefficient (Wildman–Crippen LogP) is 5.22. The summed E-state index contributed by atoms with van der Waals surface area (Å²) in [6, 6.07) is 17.2. The molecule has 1 N–H and O–H groups in total. The third-order valence-electron chi connectivity index (χ3n) is 5.04. The highest BCUT2D eigenvalue weighted by Gasteiger charge is 2.18. The second kappa shape index (κ2) is 8.91. The number of hydrogen-bond donors (Lipinski definition) is 1. The van der Waals surface area contributed by atoms with Gasteiger partial charge in [-0.3, -0.25) is 14.9 Å². The van der Waals surface area contributed by atoms with Crippen molar-refractivity contribution < 1.29 is 23.6 Å². The number of fused-ring (bicyclic) bond motifs is 1. The molecule has 1 amide bonds. The van der Waals surface area contributed by atoms with Crippen LogP contribution in [0.4, 0.5) is 15.8 Å². The molecule has 0 aliphatic carbocycles. The van der Waals surface area contributed by atoms with E-state index in [0.717, 1.165) is 12.1 Å². The highest BCUT2D eigenvalue weighted by Crippen LogP contribution is 2.33. The molecule has 0 unspecified atom stereocenters. The van der Waals surface area contributed by atoms with Crippen LogP contribution >= 0.6 is 0 Å². The molecular weight excluding hydrogens is 429 g/mol. The number of nitro benzene ring substituents is 1. The normalized spacial score (nSPS) is 10.6. The first kappa shape index (κ1) is 21.7. The molecule has 9 heteroatoms. The van der Waals surface area contributed by atoms with Crippen molar-refractivity contribution in [1.82, 2.24) is 4.98 Å². The van der Waals surface area contributed by atoms with E-state index in [4.69, 9.17) is 9.47 Å². The average Bonchev–Trinajstić information content (AvgIpc) is 2.83. The Kier molecular flexibility index (Phi) is 5.86. The quantitative estimate of drug-likeness (QED) is 0.321. The summed E-state index contributed by atoms with van der Waals surface area (Å²) in [5, 5.41) is 14.2. The number of carbonyl (C=O) groups excluding carboxylic acids is 1. The Hall–Kier alpha value is -4.53. The second-order valence-electron chi connectivity index (χ2n) is 7.02. The molecule has 0 aliphatic heterocycles. The van der Waals surface area contributed by atoms with Gasteiger partial charge in [-0.05, 0) is 42.5 Å². The minimum Gasteiger partial charge on any atom is -0.493 e. The van der Waals surface area contributed by atoms with E-state index in [1.54, 1.807) is 48.5 Å². The van der Waals surface area contributed by atoms with Crippen molar-refractivity contribution in [3.05, 3.63) is 88.2 Å². The summed E-state index contributed by atoms with van der Waals surface area (Å²) in [5.41, 5.74) is 1.48. The maximum atomic E-state index is 13.7. The maximum Gasteiger partial charge on any atom is 0.306 e. The fraction of sp³-hybridized carbons (Fsp3) is 0.0833. The summed E-state index contributed by atoms with van der Waals surface area (Å²) in [4.78, 5) is 28.0. The number of methoxy groups -OCH3 is 2. The molecule has 0 fully saturated rings. The van der Waals surface area contributed by atoms with Crippen molar-refractivity contribution in [1.29, 1.82) is 0 Å². The lowest BCUT2D eigenvalue weighted by Gasteiger charge is -2.12. The number of aromatic nitrogens is 1. The van der Waals surface area contributed by atoms with Gasteiger partial charge >= 0.3 is 5.69 Å². The first-order chi connectivity index (χ1) is 15.9. The number of nitrogens with zero attached hydrogens (tertiary/aromatic N) is 2. The number of halogens is 1. The molecule has 33 heavy (non-hydrogen) atoms. The number of rotatable bonds is 6. The fourth-order valence-electron chi connectivity index (χ4n) is 3.44. The zero-order valence-electron chi connectivity index (χ0n) is 17.7. The topological polar surface area (TPSA) is 104 Å². The number of pyridine rings is 1. The Morgan fingerprint density at radius 2 is 1.76 bits per heavy atom. The van der Waals surface area contributed by atoms with Crippen LogP contribution < -0.4 is 14.8 Å². The van der Waals surface area contributed by atoms with Gasteiger partial charge in [-0.1, -0.05) is 18.2 Å². The second-order valence-corrected chi connectivity index (χ2v) is 7.02. The zero-order valence-corrected chi connectivity index (χ0v) is 17.7. The van der Waals surface area contributed by atoms with Crippen LogP contribution in [0.5, 0.6) is 11.5 Å². The monoisotopic (exact) mass is 447 g/mol. The molecule has 0 saturated carbocycles. The van der Waals surface area contributed by atoms with E-state index >= 15 is 0 Å². The van der Waals surface area contributed by atoms with Crippen LogP contribution in [0.15, 0.2) is 66.7 Å². The Morgan fingerprint density at radius 1 is 1.00 bits per heavy atom. The lowest BCUT2D eigenvalue weighted by atomic mass is 10.0. The first-order valence-electron chi connectivity index (χ1n) is 9.78. The van der Waals surface area contributed by atoms with Gasteiger partial charge in [-0.2, -0.15) is 4.39 Å². The number of hydrogen-bond acceptors (Lipinski definition) is 6. The molecule has 4 aromatic rings. The van der Waals surface area contributed by atoms with E-state index < -0.39 is 22.3 Å². The van der Waals surface area contributed by atoms with Crippen molar-refractivity contribution in [3.8, 4) is 22.8 Å². The zero-order chi connectivity index (χ0) is 23.5.